The highest BCUT2D eigenvalue weighted by molar-refractivity contribution is 5.88. The second-order valence-electron chi connectivity index (χ2n) is 3.67. The van der Waals surface area contributed by atoms with Gasteiger partial charge in [0, 0.05) is 0 Å². The van der Waals surface area contributed by atoms with Gasteiger partial charge >= 0.3 is 5.97 Å². The third-order valence-electron chi connectivity index (χ3n) is 2.03. The lowest BCUT2D eigenvalue weighted by molar-refractivity contribution is -0.147. The summed E-state index contributed by atoms with van der Waals surface area (Å²) in [5, 5.41) is 11.4. The van der Waals surface area contributed by atoms with Gasteiger partial charge in [-0.3, -0.25) is 4.79 Å². The largest absolute Gasteiger partial charge is 0.480 e. The average molecular weight is 202 g/mol. The minimum atomic E-state index is -1.21. The molecule has 0 saturated carbocycles. The van der Waals surface area contributed by atoms with Crippen molar-refractivity contribution in [2.24, 2.45) is 5.73 Å². The molecule has 0 fully saturated rings. The Morgan fingerprint density at radius 2 is 2.07 bits per heavy atom. The van der Waals surface area contributed by atoms with Crippen LogP contribution in [0.4, 0.5) is 0 Å². The van der Waals surface area contributed by atoms with Crippen LogP contribution in [0.15, 0.2) is 0 Å². The Kier molecular flexibility index (Phi) is 4.56. The van der Waals surface area contributed by atoms with Gasteiger partial charge in [0.1, 0.15) is 5.54 Å². The lowest BCUT2D eigenvalue weighted by Gasteiger charge is -2.26. The van der Waals surface area contributed by atoms with E-state index in [4.69, 9.17) is 10.8 Å². The van der Waals surface area contributed by atoms with Crippen molar-refractivity contribution in [3.05, 3.63) is 0 Å². The van der Waals surface area contributed by atoms with E-state index in [0.29, 0.717) is 12.8 Å². The highest BCUT2D eigenvalue weighted by Crippen LogP contribution is 2.12. The number of aliphatic carboxylic acids is 1. The summed E-state index contributed by atoms with van der Waals surface area (Å²) in [7, 11) is 0. The summed E-state index contributed by atoms with van der Waals surface area (Å²) < 4.78 is 0. The predicted molar refractivity (Wildman–Crippen MR) is 52.7 cm³/mol. The molecule has 2 atom stereocenters. The van der Waals surface area contributed by atoms with Gasteiger partial charge in [0.2, 0.25) is 5.91 Å². The molecule has 82 valence electrons. The number of rotatable bonds is 5. The van der Waals surface area contributed by atoms with Gasteiger partial charge in [-0.15, -0.1) is 0 Å². The molecule has 0 aromatic rings. The van der Waals surface area contributed by atoms with Crippen LogP contribution in [-0.4, -0.2) is 28.6 Å². The zero-order chi connectivity index (χ0) is 11.4. The molecule has 14 heavy (non-hydrogen) atoms. The van der Waals surface area contributed by atoms with Crippen molar-refractivity contribution in [3.63, 3.8) is 0 Å². The molecule has 0 radical (unpaired) electrons. The third-order valence-corrected chi connectivity index (χ3v) is 2.03. The molecule has 0 aliphatic rings. The molecule has 0 aliphatic heterocycles. The molecular weight excluding hydrogens is 184 g/mol. The molecule has 0 rings (SSSR count). The van der Waals surface area contributed by atoms with E-state index in [1.54, 1.807) is 0 Å². The molecule has 0 bridgehead atoms. The Hall–Kier alpha value is -1.10. The van der Waals surface area contributed by atoms with Crippen molar-refractivity contribution in [1.29, 1.82) is 0 Å². The molecular formula is C9H18N2O3. The Balaban J connectivity index is 4.52. The summed E-state index contributed by atoms with van der Waals surface area (Å²) in [5.41, 5.74) is 4.13. The first kappa shape index (κ1) is 12.9. The lowest BCUT2D eigenvalue weighted by atomic mass is 9.96. The molecule has 5 heteroatoms. The quantitative estimate of drug-likeness (QED) is 0.589. The zero-order valence-corrected chi connectivity index (χ0v) is 8.83. The van der Waals surface area contributed by atoms with Crippen LogP contribution in [0.2, 0.25) is 0 Å². The van der Waals surface area contributed by atoms with Crippen LogP contribution in [0.5, 0.6) is 0 Å². The second-order valence-corrected chi connectivity index (χ2v) is 3.67. The standard InChI is InChI=1S/C9H18N2O3/c1-4-5-9(3,8(13)14)11-7(12)6(2)10/h6H,4-5,10H2,1-3H3,(H,11,12)(H,13,14)/t6-,9?/m1/s1. The van der Waals surface area contributed by atoms with Gasteiger partial charge in [-0.2, -0.15) is 0 Å². The fourth-order valence-corrected chi connectivity index (χ4v) is 1.11. The van der Waals surface area contributed by atoms with E-state index < -0.39 is 23.5 Å². The van der Waals surface area contributed by atoms with Crippen LogP contribution in [0.3, 0.4) is 0 Å². The summed E-state index contributed by atoms with van der Waals surface area (Å²) in [4.78, 5) is 22.2. The van der Waals surface area contributed by atoms with E-state index in [-0.39, 0.29) is 0 Å². The molecule has 4 N–H and O–H groups in total. The number of carboxylic acids is 1. The molecule has 0 aromatic heterocycles. The SMILES string of the molecule is CCCC(C)(NC(=O)[C@@H](C)N)C(=O)O. The maximum absolute atomic E-state index is 11.2. The van der Waals surface area contributed by atoms with Gasteiger partial charge in [0.15, 0.2) is 0 Å². The van der Waals surface area contributed by atoms with Crippen molar-refractivity contribution in [3.8, 4) is 0 Å². The van der Waals surface area contributed by atoms with Crippen LogP contribution in [0.25, 0.3) is 0 Å². The number of carbonyl (C=O) groups excluding carboxylic acids is 1. The zero-order valence-electron chi connectivity index (χ0n) is 8.83. The maximum atomic E-state index is 11.2. The molecule has 1 unspecified atom stereocenters. The van der Waals surface area contributed by atoms with Crippen molar-refractivity contribution in [2.45, 2.75) is 45.2 Å². The van der Waals surface area contributed by atoms with Crippen molar-refractivity contribution in [2.75, 3.05) is 0 Å². The monoisotopic (exact) mass is 202 g/mol. The van der Waals surface area contributed by atoms with E-state index in [9.17, 15) is 9.59 Å². The Bertz CT molecular complexity index is 228. The van der Waals surface area contributed by atoms with Crippen molar-refractivity contribution >= 4 is 11.9 Å². The number of hydrogen-bond acceptors (Lipinski definition) is 3. The number of nitrogens with two attached hydrogens (primary N) is 1. The molecule has 1 amide bonds. The summed E-state index contributed by atoms with van der Waals surface area (Å²) in [6.07, 6.45) is 1.07. The minimum absolute atomic E-state index is 0.390. The molecule has 0 heterocycles. The van der Waals surface area contributed by atoms with E-state index in [0.717, 1.165) is 0 Å². The summed E-state index contributed by atoms with van der Waals surface area (Å²) >= 11 is 0. The first-order valence-corrected chi connectivity index (χ1v) is 4.64. The van der Waals surface area contributed by atoms with Crippen LogP contribution in [-0.2, 0) is 9.59 Å². The van der Waals surface area contributed by atoms with Gasteiger partial charge in [0.25, 0.3) is 0 Å². The maximum Gasteiger partial charge on any atom is 0.329 e. The predicted octanol–water partition coefficient (Wildman–Crippen LogP) is 0.0932. The van der Waals surface area contributed by atoms with Crippen molar-refractivity contribution in [1.82, 2.24) is 5.32 Å². The highest BCUT2D eigenvalue weighted by Gasteiger charge is 2.34. The number of carbonyl (C=O) groups is 2. The first-order valence-electron chi connectivity index (χ1n) is 4.64. The van der Waals surface area contributed by atoms with Crippen LogP contribution in [0.1, 0.15) is 33.6 Å². The Morgan fingerprint density at radius 1 is 1.57 bits per heavy atom. The number of nitrogens with one attached hydrogen (secondary N) is 1. The topological polar surface area (TPSA) is 92.4 Å². The molecule has 0 aliphatic carbocycles. The van der Waals surface area contributed by atoms with Gasteiger partial charge < -0.3 is 16.2 Å². The van der Waals surface area contributed by atoms with E-state index in [1.165, 1.54) is 13.8 Å². The van der Waals surface area contributed by atoms with Crippen LogP contribution >= 0.6 is 0 Å². The fraction of sp³-hybridized carbons (Fsp3) is 0.778. The lowest BCUT2D eigenvalue weighted by Crippen LogP contribution is -2.55. The average Bonchev–Trinajstić information content (AvgIpc) is 2.03. The van der Waals surface area contributed by atoms with E-state index in [2.05, 4.69) is 5.32 Å². The summed E-state index contributed by atoms with van der Waals surface area (Å²) in [6.45, 7) is 4.86. The van der Waals surface area contributed by atoms with Crippen LogP contribution < -0.4 is 11.1 Å². The second kappa shape index (κ2) is 4.95. The molecule has 0 saturated heterocycles. The summed E-state index contributed by atoms with van der Waals surface area (Å²) in [5.74, 6) is -1.48. The Morgan fingerprint density at radius 3 is 2.36 bits per heavy atom. The van der Waals surface area contributed by atoms with E-state index >= 15 is 0 Å². The van der Waals surface area contributed by atoms with Gasteiger partial charge in [-0.25, -0.2) is 4.79 Å². The highest BCUT2D eigenvalue weighted by atomic mass is 16.4. The fourth-order valence-electron chi connectivity index (χ4n) is 1.11. The van der Waals surface area contributed by atoms with E-state index in [1.807, 2.05) is 6.92 Å². The number of hydrogen-bond donors (Lipinski definition) is 3. The molecule has 5 nitrogen and oxygen atoms in total. The number of amides is 1. The van der Waals surface area contributed by atoms with Gasteiger partial charge in [0.05, 0.1) is 6.04 Å². The van der Waals surface area contributed by atoms with Gasteiger partial charge in [-0.1, -0.05) is 13.3 Å². The van der Waals surface area contributed by atoms with Gasteiger partial charge in [-0.05, 0) is 20.3 Å². The van der Waals surface area contributed by atoms with Crippen molar-refractivity contribution < 1.29 is 14.7 Å². The third kappa shape index (κ3) is 3.33. The first-order chi connectivity index (χ1) is 6.33. The Labute approximate surface area is 83.7 Å². The number of carboxylic acid groups (broad SMARTS) is 1. The van der Waals surface area contributed by atoms with Crippen LogP contribution in [0, 0.1) is 0 Å². The summed E-state index contributed by atoms with van der Waals surface area (Å²) in [6, 6.07) is -0.689. The minimum Gasteiger partial charge on any atom is -0.480 e. The molecule has 0 spiro atoms. The smallest absolute Gasteiger partial charge is 0.329 e. The normalized spacial score (nSPS) is 16.9. The molecule has 0 aromatic carbocycles.